The summed E-state index contributed by atoms with van der Waals surface area (Å²) in [6, 6.07) is -0.566. The summed E-state index contributed by atoms with van der Waals surface area (Å²) in [5.41, 5.74) is 0. The van der Waals surface area contributed by atoms with Crippen LogP contribution in [0.3, 0.4) is 0 Å². The van der Waals surface area contributed by atoms with Crippen molar-refractivity contribution >= 4 is 12.0 Å². The largest absolute Gasteiger partial charge is 0.465 e. The molecule has 0 aliphatic heterocycles. The van der Waals surface area contributed by atoms with Crippen LogP contribution in [0.25, 0.3) is 0 Å². The lowest BCUT2D eigenvalue weighted by Crippen LogP contribution is -2.51. The Balaban J connectivity index is 3.81. The van der Waals surface area contributed by atoms with Crippen LogP contribution in [-0.2, 0) is 4.79 Å². The molecular weight excluding hydrogens is 558 g/mol. The summed E-state index contributed by atoms with van der Waals surface area (Å²) in [5.74, 6) is 5.82. The normalized spacial score (nSPS) is 12.2. The highest BCUT2D eigenvalue weighted by atomic mass is 16.4. The van der Waals surface area contributed by atoms with Gasteiger partial charge in [-0.3, -0.25) is 16.0 Å². The molecule has 6 heteroatoms. The third kappa shape index (κ3) is 32.6. The first kappa shape index (κ1) is 43.9. The molecule has 0 aromatic carbocycles. The Bertz CT molecular complexity index is 631. The SMILES string of the molecule is CCCCCCCCCCCCCCCCCCC(C(=O)NC(=O)O)N(N)CCCCCCCCCCCCCCCCCC. The molecule has 1 unspecified atom stereocenters. The van der Waals surface area contributed by atoms with Gasteiger partial charge in [0.2, 0.25) is 5.91 Å². The number of rotatable bonds is 36. The molecule has 6 nitrogen and oxygen atoms in total. The van der Waals surface area contributed by atoms with Crippen LogP contribution in [-0.4, -0.2) is 34.7 Å². The minimum Gasteiger partial charge on any atom is -0.465 e. The maximum atomic E-state index is 12.5. The number of amides is 2. The fourth-order valence-electron chi connectivity index (χ4n) is 6.52. The number of nitrogens with two attached hydrogens (primary N) is 1. The van der Waals surface area contributed by atoms with Crippen LogP contribution in [0.1, 0.15) is 226 Å². The molecule has 1 atom stereocenters. The number of carbonyl (C=O) groups excluding carboxylic acids is 1. The lowest BCUT2D eigenvalue weighted by Gasteiger charge is -2.26. The average Bonchev–Trinajstić information content (AvgIpc) is 3.01. The fourth-order valence-corrected chi connectivity index (χ4v) is 6.52. The van der Waals surface area contributed by atoms with Gasteiger partial charge >= 0.3 is 6.09 Å². The number of carbonyl (C=O) groups is 2. The Morgan fingerprint density at radius 2 is 0.756 bits per heavy atom. The Morgan fingerprint density at radius 3 is 1.04 bits per heavy atom. The number of imide groups is 1. The third-order valence-electron chi connectivity index (χ3n) is 9.53. The minimum atomic E-state index is -1.30. The van der Waals surface area contributed by atoms with E-state index in [4.69, 9.17) is 10.9 Å². The van der Waals surface area contributed by atoms with E-state index in [-0.39, 0.29) is 0 Å². The standard InChI is InChI=1S/C39H79N3O3/c1-3-5-7-9-11-13-15-17-19-21-23-25-27-29-31-33-35-37(38(43)41-39(44)45)42(40)36-34-32-30-28-26-24-22-20-18-16-14-12-10-8-6-4-2/h37H,3-36,40H2,1-2H3,(H,41,43)(H,44,45). The second-order valence-electron chi connectivity index (χ2n) is 13.9. The summed E-state index contributed by atoms with van der Waals surface area (Å²) >= 11 is 0. The summed E-state index contributed by atoms with van der Waals surface area (Å²) < 4.78 is 0. The predicted octanol–water partition coefficient (Wildman–Crippen LogP) is 12.2. The Labute approximate surface area is 280 Å². The molecule has 0 heterocycles. The monoisotopic (exact) mass is 638 g/mol. The van der Waals surface area contributed by atoms with Gasteiger partial charge in [-0.25, -0.2) is 9.80 Å². The molecular formula is C39H79N3O3. The molecule has 0 saturated heterocycles. The molecule has 0 radical (unpaired) electrons. The van der Waals surface area contributed by atoms with Gasteiger partial charge in [0.1, 0.15) is 6.04 Å². The van der Waals surface area contributed by atoms with Gasteiger partial charge in [-0.15, -0.1) is 0 Å². The van der Waals surface area contributed by atoms with Crippen molar-refractivity contribution in [3.63, 3.8) is 0 Å². The maximum Gasteiger partial charge on any atom is 0.411 e. The molecule has 0 aliphatic rings. The van der Waals surface area contributed by atoms with Gasteiger partial charge in [0.25, 0.3) is 0 Å². The van der Waals surface area contributed by atoms with Crippen molar-refractivity contribution in [1.82, 2.24) is 10.3 Å². The van der Waals surface area contributed by atoms with Gasteiger partial charge in [-0.05, 0) is 12.8 Å². The van der Waals surface area contributed by atoms with E-state index in [1.54, 1.807) is 5.01 Å². The highest BCUT2D eigenvalue weighted by Crippen LogP contribution is 2.17. The minimum absolute atomic E-state index is 0.484. The molecule has 0 saturated carbocycles. The van der Waals surface area contributed by atoms with E-state index in [1.165, 1.54) is 180 Å². The average molecular weight is 638 g/mol. The lowest BCUT2D eigenvalue weighted by molar-refractivity contribution is -0.126. The summed E-state index contributed by atoms with van der Waals surface area (Å²) in [4.78, 5) is 23.6. The Morgan fingerprint density at radius 1 is 0.489 bits per heavy atom. The molecule has 0 aromatic heterocycles. The smallest absolute Gasteiger partial charge is 0.411 e. The third-order valence-corrected chi connectivity index (χ3v) is 9.53. The number of nitrogens with zero attached hydrogens (tertiary/aromatic N) is 1. The number of hydrogen-bond acceptors (Lipinski definition) is 4. The second-order valence-corrected chi connectivity index (χ2v) is 13.9. The van der Waals surface area contributed by atoms with E-state index in [9.17, 15) is 9.59 Å². The molecule has 0 rings (SSSR count). The Hall–Kier alpha value is -1.14. The van der Waals surface area contributed by atoms with E-state index in [0.717, 1.165) is 25.7 Å². The van der Waals surface area contributed by atoms with E-state index < -0.39 is 18.0 Å². The van der Waals surface area contributed by atoms with Crippen LogP contribution in [0.5, 0.6) is 0 Å². The highest BCUT2D eigenvalue weighted by Gasteiger charge is 2.24. The van der Waals surface area contributed by atoms with E-state index in [2.05, 4.69) is 13.8 Å². The summed E-state index contributed by atoms with van der Waals surface area (Å²) in [6.07, 6.45) is 41.4. The van der Waals surface area contributed by atoms with Crippen LogP contribution in [0.4, 0.5) is 4.79 Å². The quantitative estimate of drug-likeness (QED) is 0.0361. The van der Waals surface area contributed by atoms with Gasteiger partial charge in [-0.2, -0.15) is 0 Å². The van der Waals surface area contributed by atoms with Gasteiger partial charge in [0.15, 0.2) is 0 Å². The predicted molar refractivity (Wildman–Crippen MR) is 195 cm³/mol. The number of carboxylic acid groups (broad SMARTS) is 1. The molecule has 45 heavy (non-hydrogen) atoms. The van der Waals surface area contributed by atoms with Crippen molar-refractivity contribution < 1.29 is 14.7 Å². The van der Waals surface area contributed by atoms with Crippen molar-refractivity contribution in [3.8, 4) is 0 Å². The number of nitrogens with one attached hydrogen (secondary N) is 1. The zero-order chi connectivity index (χ0) is 33.1. The zero-order valence-corrected chi connectivity index (χ0v) is 30.4. The first-order valence-corrected chi connectivity index (χ1v) is 20.1. The Kier molecular flexibility index (Phi) is 34.8. The molecule has 0 aromatic rings. The summed E-state index contributed by atoms with van der Waals surface area (Å²) in [7, 11) is 0. The molecule has 0 spiro atoms. The van der Waals surface area contributed by atoms with Crippen molar-refractivity contribution in [2.45, 2.75) is 232 Å². The van der Waals surface area contributed by atoms with Gasteiger partial charge in [0.05, 0.1) is 0 Å². The number of hydrogen-bond donors (Lipinski definition) is 3. The summed E-state index contributed by atoms with van der Waals surface area (Å²) in [5, 5.41) is 12.7. The maximum absolute atomic E-state index is 12.5. The second kappa shape index (κ2) is 35.7. The van der Waals surface area contributed by atoms with Gasteiger partial charge in [-0.1, -0.05) is 213 Å². The van der Waals surface area contributed by atoms with E-state index in [1.807, 2.05) is 5.32 Å². The zero-order valence-electron chi connectivity index (χ0n) is 30.4. The molecule has 4 N–H and O–H groups in total. The molecule has 268 valence electrons. The first-order chi connectivity index (χ1) is 22.0. The summed E-state index contributed by atoms with van der Waals surface area (Å²) in [6.45, 7) is 5.19. The number of hydrazine groups is 1. The highest BCUT2D eigenvalue weighted by molar-refractivity contribution is 5.94. The molecule has 0 bridgehead atoms. The number of unbranched alkanes of at least 4 members (excludes halogenated alkanes) is 30. The topological polar surface area (TPSA) is 95.7 Å². The van der Waals surface area contributed by atoms with Crippen LogP contribution in [0.15, 0.2) is 0 Å². The van der Waals surface area contributed by atoms with Crippen LogP contribution in [0, 0.1) is 0 Å². The van der Waals surface area contributed by atoms with Crippen molar-refractivity contribution in [1.29, 1.82) is 0 Å². The van der Waals surface area contributed by atoms with Crippen molar-refractivity contribution in [2.24, 2.45) is 5.84 Å². The lowest BCUT2D eigenvalue weighted by atomic mass is 10.0. The van der Waals surface area contributed by atoms with Crippen LogP contribution < -0.4 is 11.2 Å². The van der Waals surface area contributed by atoms with Gasteiger partial charge < -0.3 is 5.11 Å². The van der Waals surface area contributed by atoms with Crippen molar-refractivity contribution in [2.75, 3.05) is 6.54 Å². The van der Waals surface area contributed by atoms with Crippen LogP contribution >= 0.6 is 0 Å². The molecule has 0 fully saturated rings. The molecule has 2 amide bonds. The van der Waals surface area contributed by atoms with Crippen molar-refractivity contribution in [3.05, 3.63) is 0 Å². The van der Waals surface area contributed by atoms with Gasteiger partial charge in [0, 0.05) is 6.54 Å². The first-order valence-electron chi connectivity index (χ1n) is 20.1. The van der Waals surface area contributed by atoms with E-state index in [0.29, 0.717) is 13.0 Å². The fraction of sp³-hybridized carbons (Fsp3) is 0.949. The molecule has 0 aliphatic carbocycles. The van der Waals surface area contributed by atoms with E-state index >= 15 is 0 Å². The van der Waals surface area contributed by atoms with Crippen LogP contribution in [0.2, 0.25) is 0 Å².